The molecule has 0 saturated carbocycles. The molecule has 2 rings (SSSR count). The van der Waals surface area contributed by atoms with Crippen molar-refractivity contribution in [2.45, 2.75) is 33.1 Å². The first-order chi connectivity index (χ1) is 10.5. The molecule has 0 saturated heterocycles. The monoisotopic (exact) mass is 301 g/mol. The Morgan fingerprint density at radius 1 is 1.27 bits per heavy atom. The number of likely N-dealkylation sites (N-methyl/N-ethyl adjacent to an activating group) is 1. The lowest BCUT2D eigenvalue weighted by Gasteiger charge is -2.20. The third-order valence-corrected chi connectivity index (χ3v) is 3.86. The van der Waals surface area contributed by atoms with Crippen molar-refractivity contribution < 1.29 is 14.3 Å². The van der Waals surface area contributed by atoms with Crippen LogP contribution >= 0.6 is 0 Å². The smallest absolute Gasteiger partial charge is 0.338 e. The van der Waals surface area contributed by atoms with Crippen LogP contribution in [-0.4, -0.2) is 36.5 Å². The van der Waals surface area contributed by atoms with Crippen molar-refractivity contribution in [2.24, 2.45) is 0 Å². The van der Waals surface area contributed by atoms with Crippen LogP contribution in [0, 0.1) is 0 Å². The zero-order valence-electron chi connectivity index (χ0n) is 13.4. The quantitative estimate of drug-likeness (QED) is 0.599. The second kappa shape index (κ2) is 7.25. The van der Waals surface area contributed by atoms with E-state index >= 15 is 0 Å². The standard InChI is InChI=1S/C18H23NO3/c1-4-19(11-13(2)3)17(20)12-22-18(21)16-9-8-14-6-5-7-15(14)10-16/h8-10H,2,4-7,11-12H2,1,3H3. The zero-order chi connectivity index (χ0) is 16.1. The Morgan fingerprint density at radius 3 is 2.68 bits per heavy atom. The first kappa shape index (κ1) is 16.3. The Balaban J connectivity index is 1.92. The van der Waals surface area contributed by atoms with Gasteiger partial charge in [0.1, 0.15) is 0 Å². The van der Waals surface area contributed by atoms with Crippen molar-refractivity contribution in [3.8, 4) is 0 Å². The molecule has 0 N–H and O–H groups in total. The largest absolute Gasteiger partial charge is 0.452 e. The van der Waals surface area contributed by atoms with Crippen LogP contribution in [0.4, 0.5) is 0 Å². The van der Waals surface area contributed by atoms with Crippen LogP contribution in [0.1, 0.15) is 41.8 Å². The van der Waals surface area contributed by atoms with E-state index < -0.39 is 5.97 Å². The molecule has 0 aromatic heterocycles. The highest BCUT2D eigenvalue weighted by molar-refractivity contribution is 5.91. The average Bonchev–Trinajstić information content (AvgIpc) is 2.97. The lowest BCUT2D eigenvalue weighted by molar-refractivity contribution is -0.133. The molecule has 0 bridgehead atoms. The van der Waals surface area contributed by atoms with Gasteiger partial charge in [-0.05, 0) is 56.4 Å². The van der Waals surface area contributed by atoms with Crippen LogP contribution in [-0.2, 0) is 22.4 Å². The summed E-state index contributed by atoms with van der Waals surface area (Å²) in [4.78, 5) is 25.7. The number of carbonyl (C=O) groups excluding carboxylic acids is 2. The predicted octanol–water partition coefficient (Wildman–Crippen LogP) is 2.76. The third-order valence-electron chi connectivity index (χ3n) is 3.86. The second-order valence-electron chi connectivity index (χ2n) is 5.78. The highest BCUT2D eigenvalue weighted by Crippen LogP contribution is 2.23. The summed E-state index contributed by atoms with van der Waals surface area (Å²) in [5.41, 5.74) is 3.96. The normalized spacial score (nSPS) is 12.6. The van der Waals surface area contributed by atoms with E-state index in [4.69, 9.17) is 4.74 Å². The number of ether oxygens (including phenoxy) is 1. The fraction of sp³-hybridized carbons (Fsp3) is 0.444. The van der Waals surface area contributed by atoms with Crippen LogP contribution in [0.3, 0.4) is 0 Å². The number of fused-ring (bicyclic) bond motifs is 1. The minimum absolute atomic E-state index is 0.194. The summed E-state index contributed by atoms with van der Waals surface area (Å²) in [7, 11) is 0. The van der Waals surface area contributed by atoms with Gasteiger partial charge in [-0.2, -0.15) is 0 Å². The molecule has 0 radical (unpaired) electrons. The van der Waals surface area contributed by atoms with Crippen molar-refractivity contribution in [1.82, 2.24) is 4.90 Å². The maximum absolute atomic E-state index is 12.1. The topological polar surface area (TPSA) is 46.6 Å². The van der Waals surface area contributed by atoms with Gasteiger partial charge in [0.25, 0.3) is 5.91 Å². The second-order valence-corrected chi connectivity index (χ2v) is 5.78. The van der Waals surface area contributed by atoms with Gasteiger partial charge in [0, 0.05) is 13.1 Å². The molecule has 1 aliphatic carbocycles. The van der Waals surface area contributed by atoms with E-state index in [1.165, 1.54) is 11.1 Å². The molecule has 1 amide bonds. The van der Waals surface area contributed by atoms with Gasteiger partial charge in [0.05, 0.1) is 5.56 Å². The molecule has 1 aliphatic rings. The van der Waals surface area contributed by atoms with Crippen LogP contribution < -0.4 is 0 Å². The molecule has 4 nitrogen and oxygen atoms in total. The number of rotatable bonds is 6. The lowest BCUT2D eigenvalue weighted by atomic mass is 10.1. The van der Waals surface area contributed by atoms with Gasteiger partial charge in [-0.1, -0.05) is 18.2 Å². The molecule has 0 heterocycles. The summed E-state index contributed by atoms with van der Waals surface area (Å²) in [6, 6.07) is 5.66. The molecule has 0 fully saturated rings. The highest BCUT2D eigenvalue weighted by Gasteiger charge is 2.17. The number of esters is 1. The lowest BCUT2D eigenvalue weighted by Crippen LogP contribution is -2.35. The Kier molecular flexibility index (Phi) is 5.36. The Morgan fingerprint density at radius 2 is 2.00 bits per heavy atom. The van der Waals surface area contributed by atoms with E-state index in [2.05, 4.69) is 6.58 Å². The summed E-state index contributed by atoms with van der Waals surface area (Å²) in [6.07, 6.45) is 3.23. The number of benzene rings is 1. The summed E-state index contributed by atoms with van der Waals surface area (Å²) >= 11 is 0. The van der Waals surface area contributed by atoms with E-state index in [0.717, 1.165) is 24.8 Å². The van der Waals surface area contributed by atoms with Gasteiger partial charge in [0.2, 0.25) is 0 Å². The van der Waals surface area contributed by atoms with Crippen molar-refractivity contribution in [2.75, 3.05) is 19.7 Å². The summed E-state index contributed by atoms with van der Waals surface area (Å²) in [6.45, 7) is 8.40. The number of hydrogen-bond acceptors (Lipinski definition) is 3. The maximum atomic E-state index is 12.1. The van der Waals surface area contributed by atoms with Gasteiger partial charge in [0.15, 0.2) is 6.61 Å². The number of hydrogen-bond donors (Lipinski definition) is 0. The minimum atomic E-state index is -0.436. The fourth-order valence-corrected chi connectivity index (χ4v) is 2.70. The van der Waals surface area contributed by atoms with E-state index in [1.807, 2.05) is 26.0 Å². The zero-order valence-corrected chi connectivity index (χ0v) is 13.4. The SMILES string of the molecule is C=C(C)CN(CC)C(=O)COC(=O)c1ccc2c(c1)CCC2. The molecule has 4 heteroatoms. The predicted molar refractivity (Wildman–Crippen MR) is 85.8 cm³/mol. The van der Waals surface area contributed by atoms with E-state index in [9.17, 15) is 9.59 Å². The average molecular weight is 301 g/mol. The van der Waals surface area contributed by atoms with Gasteiger partial charge in [-0.25, -0.2) is 4.79 Å². The number of nitrogens with zero attached hydrogens (tertiary/aromatic N) is 1. The van der Waals surface area contributed by atoms with Gasteiger partial charge in [-0.3, -0.25) is 4.79 Å². The summed E-state index contributed by atoms with van der Waals surface area (Å²) in [5, 5.41) is 0. The van der Waals surface area contributed by atoms with Gasteiger partial charge in [-0.15, -0.1) is 0 Å². The number of amides is 1. The first-order valence-electron chi connectivity index (χ1n) is 7.72. The van der Waals surface area contributed by atoms with Crippen LogP contribution in [0.25, 0.3) is 0 Å². The van der Waals surface area contributed by atoms with Crippen molar-refractivity contribution >= 4 is 11.9 Å². The fourth-order valence-electron chi connectivity index (χ4n) is 2.70. The number of aryl methyl sites for hydroxylation is 2. The van der Waals surface area contributed by atoms with E-state index in [0.29, 0.717) is 18.7 Å². The molecule has 1 aromatic carbocycles. The molecule has 0 spiro atoms. The van der Waals surface area contributed by atoms with Crippen LogP contribution in [0.2, 0.25) is 0 Å². The molecule has 118 valence electrons. The molecule has 0 aliphatic heterocycles. The van der Waals surface area contributed by atoms with Gasteiger partial charge < -0.3 is 9.64 Å². The summed E-state index contributed by atoms with van der Waals surface area (Å²) < 4.78 is 5.15. The minimum Gasteiger partial charge on any atom is -0.452 e. The Labute approximate surface area is 131 Å². The Hall–Kier alpha value is -2.10. The highest BCUT2D eigenvalue weighted by atomic mass is 16.5. The molecule has 1 aromatic rings. The van der Waals surface area contributed by atoms with Gasteiger partial charge >= 0.3 is 5.97 Å². The Bertz CT molecular complexity index is 592. The molecule has 22 heavy (non-hydrogen) atoms. The van der Waals surface area contributed by atoms with Crippen molar-refractivity contribution in [3.63, 3.8) is 0 Å². The van der Waals surface area contributed by atoms with E-state index in [-0.39, 0.29) is 12.5 Å². The van der Waals surface area contributed by atoms with E-state index in [1.54, 1.807) is 11.0 Å². The van der Waals surface area contributed by atoms with Crippen molar-refractivity contribution in [3.05, 3.63) is 47.0 Å². The maximum Gasteiger partial charge on any atom is 0.338 e. The molecular formula is C18H23NO3. The number of carbonyl (C=O) groups is 2. The molecule has 0 unspecified atom stereocenters. The first-order valence-corrected chi connectivity index (χ1v) is 7.72. The van der Waals surface area contributed by atoms with Crippen LogP contribution in [0.5, 0.6) is 0 Å². The molecular weight excluding hydrogens is 278 g/mol. The third kappa shape index (κ3) is 3.97. The van der Waals surface area contributed by atoms with Crippen molar-refractivity contribution in [1.29, 1.82) is 0 Å². The molecule has 0 atom stereocenters. The van der Waals surface area contributed by atoms with Crippen LogP contribution in [0.15, 0.2) is 30.4 Å². The summed E-state index contributed by atoms with van der Waals surface area (Å²) in [5.74, 6) is -0.630.